The van der Waals surface area contributed by atoms with Crippen molar-refractivity contribution in [2.24, 2.45) is 0 Å². The summed E-state index contributed by atoms with van der Waals surface area (Å²) in [7, 11) is 5.36. The molecule has 0 aromatic heterocycles. The van der Waals surface area contributed by atoms with Crippen LogP contribution in [-0.4, -0.2) is 51.2 Å². The number of rotatable bonds is 5. The van der Waals surface area contributed by atoms with Crippen LogP contribution in [0.3, 0.4) is 0 Å². The quantitative estimate of drug-likeness (QED) is 0.896. The van der Waals surface area contributed by atoms with E-state index in [4.69, 9.17) is 9.47 Å². The van der Waals surface area contributed by atoms with Crippen molar-refractivity contribution in [3.8, 4) is 22.6 Å². The molecule has 0 radical (unpaired) electrons. The van der Waals surface area contributed by atoms with Gasteiger partial charge in [-0.05, 0) is 56.7 Å². The molecule has 5 nitrogen and oxygen atoms in total. The van der Waals surface area contributed by atoms with Gasteiger partial charge in [0.15, 0.2) is 11.5 Å². The largest absolute Gasteiger partial charge is 0.493 e. The van der Waals surface area contributed by atoms with Gasteiger partial charge in [-0.3, -0.25) is 4.79 Å². The maximum Gasteiger partial charge on any atom is 0.251 e. The van der Waals surface area contributed by atoms with Crippen LogP contribution in [0.5, 0.6) is 11.5 Å². The number of likely N-dealkylation sites (tertiary alicyclic amines) is 1. The monoisotopic (exact) mass is 354 g/mol. The topological polar surface area (TPSA) is 50.8 Å². The molecule has 0 unspecified atom stereocenters. The first-order chi connectivity index (χ1) is 12.6. The van der Waals surface area contributed by atoms with Crippen LogP contribution >= 0.6 is 0 Å². The summed E-state index contributed by atoms with van der Waals surface area (Å²) in [6, 6.07) is 13.6. The fourth-order valence-corrected chi connectivity index (χ4v) is 3.36. The van der Waals surface area contributed by atoms with Gasteiger partial charge in [-0.15, -0.1) is 0 Å². The predicted octanol–water partition coefficient (Wildman–Crippen LogP) is 3.19. The molecular formula is C21H26N2O3. The lowest BCUT2D eigenvalue weighted by molar-refractivity contribution is 0.0917. The number of para-hydroxylation sites is 1. The van der Waals surface area contributed by atoms with Crippen LogP contribution in [0, 0.1) is 0 Å². The molecule has 0 spiro atoms. The van der Waals surface area contributed by atoms with Gasteiger partial charge < -0.3 is 19.7 Å². The summed E-state index contributed by atoms with van der Waals surface area (Å²) in [6.45, 7) is 2.04. The standard InChI is InChI=1S/C21H26N2O3/c1-23-12-10-17(11-13-23)22-21(24)16-7-4-6-15(14-16)18-8-5-9-19(25-2)20(18)26-3/h4-9,14,17H,10-13H2,1-3H3,(H,22,24). The van der Waals surface area contributed by atoms with Crippen molar-refractivity contribution in [3.63, 3.8) is 0 Å². The molecule has 5 heteroatoms. The van der Waals surface area contributed by atoms with Gasteiger partial charge in [0.25, 0.3) is 5.91 Å². The van der Waals surface area contributed by atoms with Gasteiger partial charge in [-0.1, -0.05) is 24.3 Å². The minimum atomic E-state index is -0.0248. The molecular weight excluding hydrogens is 328 g/mol. The van der Waals surface area contributed by atoms with Crippen LogP contribution in [0.4, 0.5) is 0 Å². The Labute approximate surface area is 154 Å². The summed E-state index contributed by atoms with van der Waals surface area (Å²) in [5.74, 6) is 1.32. The molecule has 1 amide bonds. The van der Waals surface area contributed by atoms with Crippen molar-refractivity contribution in [3.05, 3.63) is 48.0 Å². The molecule has 1 aliphatic heterocycles. The van der Waals surface area contributed by atoms with Crippen LogP contribution in [-0.2, 0) is 0 Å². The zero-order valence-electron chi connectivity index (χ0n) is 15.6. The van der Waals surface area contributed by atoms with E-state index in [2.05, 4.69) is 17.3 Å². The summed E-state index contributed by atoms with van der Waals surface area (Å²) >= 11 is 0. The number of hydrogen-bond acceptors (Lipinski definition) is 4. The summed E-state index contributed by atoms with van der Waals surface area (Å²) in [5.41, 5.74) is 2.49. The molecule has 3 rings (SSSR count). The van der Waals surface area contributed by atoms with Crippen molar-refractivity contribution < 1.29 is 14.3 Å². The molecule has 0 aliphatic carbocycles. The minimum absolute atomic E-state index is 0.0248. The average molecular weight is 354 g/mol. The lowest BCUT2D eigenvalue weighted by Gasteiger charge is -2.29. The normalized spacial score (nSPS) is 15.5. The van der Waals surface area contributed by atoms with Crippen LogP contribution < -0.4 is 14.8 Å². The molecule has 138 valence electrons. The first-order valence-electron chi connectivity index (χ1n) is 8.93. The van der Waals surface area contributed by atoms with Gasteiger partial charge in [-0.2, -0.15) is 0 Å². The van der Waals surface area contributed by atoms with E-state index in [-0.39, 0.29) is 11.9 Å². The zero-order valence-corrected chi connectivity index (χ0v) is 15.6. The number of carbonyl (C=O) groups excluding carboxylic acids is 1. The van der Waals surface area contributed by atoms with Gasteiger partial charge in [0.05, 0.1) is 14.2 Å². The first-order valence-corrected chi connectivity index (χ1v) is 8.93. The number of hydrogen-bond donors (Lipinski definition) is 1. The molecule has 2 aromatic carbocycles. The molecule has 26 heavy (non-hydrogen) atoms. The van der Waals surface area contributed by atoms with Crippen molar-refractivity contribution in [2.45, 2.75) is 18.9 Å². The van der Waals surface area contributed by atoms with Gasteiger partial charge in [0.1, 0.15) is 0 Å². The number of benzene rings is 2. The van der Waals surface area contributed by atoms with Gasteiger partial charge >= 0.3 is 0 Å². The van der Waals surface area contributed by atoms with E-state index in [1.54, 1.807) is 14.2 Å². The number of nitrogens with zero attached hydrogens (tertiary/aromatic N) is 1. The Morgan fingerprint density at radius 2 is 1.81 bits per heavy atom. The van der Waals surface area contributed by atoms with Gasteiger partial charge in [0.2, 0.25) is 0 Å². The zero-order chi connectivity index (χ0) is 18.5. The predicted molar refractivity (Wildman–Crippen MR) is 103 cm³/mol. The number of ether oxygens (including phenoxy) is 2. The lowest BCUT2D eigenvalue weighted by atomic mass is 10.0. The Hall–Kier alpha value is -2.53. The Kier molecular flexibility index (Phi) is 5.78. The number of nitrogens with one attached hydrogen (secondary N) is 1. The van der Waals surface area contributed by atoms with Crippen molar-refractivity contribution in [1.82, 2.24) is 10.2 Å². The van der Waals surface area contributed by atoms with Crippen molar-refractivity contribution in [2.75, 3.05) is 34.4 Å². The molecule has 1 heterocycles. The summed E-state index contributed by atoms with van der Waals surface area (Å²) < 4.78 is 10.9. The Morgan fingerprint density at radius 1 is 1.08 bits per heavy atom. The van der Waals surface area contributed by atoms with E-state index in [1.807, 2.05) is 42.5 Å². The van der Waals surface area contributed by atoms with Crippen molar-refractivity contribution >= 4 is 5.91 Å². The van der Waals surface area contributed by atoms with E-state index in [0.717, 1.165) is 37.1 Å². The third-order valence-electron chi connectivity index (χ3n) is 4.89. The second-order valence-corrected chi connectivity index (χ2v) is 6.67. The third-order valence-corrected chi connectivity index (χ3v) is 4.89. The highest BCUT2D eigenvalue weighted by Crippen LogP contribution is 2.37. The van der Waals surface area contributed by atoms with E-state index >= 15 is 0 Å². The highest BCUT2D eigenvalue weighted by Gasteiger charge is 2.19. The molecule has 1 N–H and O–H groups in total. The maximum absolute atomic E-state index is 12.7. The molecule has 0 bridgehead atoms. The number of carbonyl (C=O) groups is 1. The fourth-order valence-electron chi connectivity index (χ4n) is 3.36. The van der Waals surface area contributed by atoms with E-state index < -0.39 is 0 Å². The van der Waals surface area contributed by atoms with Crippen LogP contribution in [0.25, 0.3) is 11.1 Å². The second-order valence-electron chi connectivity index (χ2n) is 6.67. The highest BCUT2D eigenvalue weighted by atomic mass is 16.5. The SMILES string of the molecule is COc1cccc(-c2cccc(C(=O)NC3CCN(C)CC3)c2)c1OC. The molecule has 1 fully saturated rings. The van der Waals surface area contributed by atoms with Crippen LogP contribution in [0.15, 0.2) is 42.5 Å². The minimum Gasteiger partial charge on any atom is -0.493 e. The van der Waals surface area contributed by atoms with Crippen LogP contribution in [0.2, 0.25) is 0 Å². The Morgan fingerprint density at radius 3 is 2.50 bits per heavy atom. The molecule has 1 saturated heterocycles. The molecule has 1 aliphatic rings. The molecule has 2 aromatic rings. The summed E-state index contributed by atoms with van der Waals surface area (Å²) in [4.78, 5) is 15.0. The lowest BCUT2D eigenvalue weighted by Crippen LogP contribution is -2.43. The average Bonchev–Trinajstić information content (AvgIpc) is 2.69. The third kappa shape index (κ3) is 3.99. The van der Waals surface area contributed by atoms with Gasteiger partial charge in [-0.25, -0.2) is 0 Å². The summed E-state index contributed by atoms with van der Waals surface area (Å²) in [6.07, 6.45) is 1.98. The fraction of sp³-hybridized carbons (Fsp3) is 0.381. The Balaban J connectivity index is 1.81. The van der Waals surface area contributed by atoms with Gasteiger partial charge in [0, 0.05) is 17.2 Å². The molecule has 0 atom stereocenters. The number of methoxy groups -OCH3 is 2. The van der Waals surface area contributed by atoms with E-state index in [1.165, 1.54) is 0 Å². The number of piperidine rings is 1. The smallest absolute Gasteiger partial charge is 0.251 e. The first kappa shape index (κ1) is 18.3. The number of amides is 1. The molecule has 0 saturated carbocycles. The van der Waals surface area contributed by atoms with E-state index in [0.29, 0.717) is 17.1 Å². The summed E-state index contributed by atoms with van der Waals surface area (Å²) in [5, 5.41) is 3.16. The maximum atomic E-state index is 12.7. The Bertz CT molecular complexity index is 768. The highest BCUT2D eigenvalue weighted by molar-refractivity contribution is 5.96. The van der Waals surface area contributed by atoms with Crippen molar-refractivity contribution in [1.29, 1.82) is 0 Å². The van der Waals surface area contributed by atoms with E-state index in [9.17, 15) is 4.79 Å². The second kappa shape index (κ2) is 8.23. The van der Waals surface area contributed by atoms with Crippen LogP contribution in [0.1, 0.15) is 23.2 Å².